The van der Waals surface area contributed by atoms with Crippen molar-refractivity contribution in [1.29, 1.82) is 0 Å². The Labute approximate surface area is 126 Å². The van der Waals surface area contributed by atoms with Crippen LogP contribution in [-0.2, 0) is 4.79 Å². The third-order valence-electron chi connectivity index (χ3n) is 5.01. The Morgan fingerprint density at radius 3 is 2.29 bits per heavy atom. The van der Waals surface area contributed by atoms with E-state index < -0.39 is 11.5 Å². The molecular formula is C16H28N2O3. The molecule has 0 aromatic carbocycles. The van der Waals surface area contributed by atoms with Gasteiger partial charge < -0.3 is 15.7 Å². The summed E-state index contributed by atoms with van der Waals surface area (Å²) in [6.45, 7) is 4.44. The van der Waals surface area contributed by atoms with Crippen LogP contribution in [0.3, 0.4) is 0 Å². The average Bonchev–Trinajstić information content (AvgIpc) is 2.38. The van der Waals surface area contributed by atoms with Crippen molar-refractivity contribution in [3.63, 3.8) is 0 Å². The van der Waals surface area contributed by atoms with E-state index in [1.807, 2.05) is 0 Å². The van der Waals surface area contributed by atoms with Gasteiger partial charge in [-0.2, -0.15) is 0 Å². The average molecular weight is 296 g/mol. The van der Waals surface area contributed by atoms with E-state index in [0.29, 0.717) is 12.8 Å². The summed E-state index contributed by atoms with van der Waals surface area (Å²) in [5, 5.41) is 15.2. The number of carbonyl (C=O) groups is 2. The predicted molar refractivity (Wildman–Crippen MR) is 81.2 cm³/mol. The minimum Gasteiger partial charge on any atom is -0.480 e. The first-order valence-corrected chi connectivity index (χ1v) is 8.15. The smallest absolute Gasteiger partial charge is 0.329 e. The lowest BCUT2D eigenvalue weighted by atomic mass is 9.75. The summed E-state index contributed by atoms with van der Waals surface area (Å²) in [7, 11) is 0. The molecule has 2 amide bonds. The van der Waals surface area contributed by atoms with Crippen LogP contribution in [0.1, 0.15) is 71.6 Å². The molecule has 0 aromatic heterocycles. The second kappa shape index (κ2) is 6.24. The van der Waals surface area contributed by atoms with Crippen molar-refractivity contribution >= 4 is 12.0 Å². The molecule has 0 aromatic rings. The molecule has 0 spiro atoms. The van der Waals surface area contributed by atoms with Gasteiger partial charge in [0.2, 0.25) is 0 Å². The first-order valence-electron chi connectivity index (χ1n) is 8.15. The fraction of sp³-hybridized carbons (Fsp3) is 0.875. The van der Waals surface area contributed by atoms with Gasteiger partial charge in [-0.15, -0.1) is 0 Å². The van der Waals surface area contributed by atoms with Gasteiger partial charge in [-0.3, -0.25) is 0 Å². The summed E-state index contributed by atoms with van der Waals surface area (Å²) in [6.07, 6.45) is 8.09. The highest BCUT2D eigenvalue weighted by Gasteiger charge is 2.41. The highest BCUT2D eigenvalue weighted by atomic mass is 16.4. The van der Waals surface area contributed by atoms with Gasteiger partial charge in [0.15, 0.2) is 0 Å². The van der Waals surface area contributed by atoms with Gasteiger partial charge in [0.25, 0.3) is 0 Å². The van der Waals surface area contributed by atoms with Gasteiger partial charge in [-0.05, 0) is 37.5 Å². The number of aliphatic carboxylic acids is 1. The Morgan fingerprint density at radius 2 is 1.71 bits per heavy atom. The second-order valence-electron chi connectivity index (χ2n) is 7.50. The molecule has 0 radical (unpaired) electrons. The SMILES string of the molecule is CC1(C)CCCC(NC(=O)NC2(C(=O)O)CCCCC2)C1. The van der Waals surface area contributed by atoms with Gasteiger partial charge in [-0.25, -0.2) is 9.59 Å². The molecule has 2 aliphatic carbocycles. The van der Waals surface area contributed by atoms with Crippen LogP contribution < -0.4 is 10.6 Å². The zero-order valence-corrected chi connectivity index (χ0v) is 13.2. The maximum absolute atomic E-state index is 12.2. The molecule has 1 atom stereocenters. The monoisotopic (exact) mass is 296 g/mol. The number of carboxylic acid groups (broad SMARTS) is 1. The van der Waals surface area contributed by atoms with Crippen LogP contribution in [0, 0.1) is 5.41 Å². The number of urea groups is 1. The Kier molecular flexibility index (Phi) is 4.79. The van der Waals surface area contributed by atoms with Crippen LogP contribution in [0.15, 0.2) is 0 Å². The van der Waals surface area contributed by atoms with Crippen LogP contribution in [-0.4, -0.2) is 28.7 Å². The molecule has 2 rings (SSSR count). The first kappa shape index (κ1) is 16.1. The van der Waals surface area contributed by atoms with Crippen LogP contribution in [0.5, 0.6) is 0 Å². The summed E-state index contributed by atoms with van der Waals surface area (Å²) in [5.74, 6) is -0.902. The zero-order valence-electron chi connectivity index (χ0n) is 13.2. The highest BCUT2D eigenvalue weighted by molar-refractivity contribution is 5.86. The largest absolute Gasteiger partial charge is 0.480 e. The van der Waals surface area contributed by atoms with Crippen molar-refractivity contribution in [2.75, 3.05) is 0 Å². The van der Waals surface area contributed by atoms with Crippen molar-refractivity contribution in [1.82, 2.24) is 10.6 Å². The van der Waals surface area contributed by atoms with Gasteiger partial charge in [0.1, 0.15) is 5.54 Å². The van der Waals surface area contributed by atoms with Gasteiger partial charge in [0, 0.05) is 6.04 Å². The molecule has 2 aliphatic rings. The van der Waals surface area contributed by atoms with Gasteiger partial charge in [-0.1, -0.05) is 39.5 Å². The number of hydrogen-bond donors (Lipinski definition) is 3. The fourth-order valence-corrected chi connectivity index (χ4v) is 3.81. The van der Waals surface area contributed by atoms with E-state index in [2.05, 4.69) is 24.5 Å². The van der Waals surface area contributed by atoms with E-state index in [-0.39, 0.29) is 17.5 Å². The fourth-order valence-electron chi connectivity index (χ4n) is 3.81. The number of hydrogen-bond acceptors (Lipinski definition) is 2. The van der Waals surface area contributed by atoms with E-state index in [1.165, 1.54) is 6.42 Å². The summed E-state index contributed by atoms with van der Waals surface area (Å²) >= 11 is 0. The third kappa shape index (κ3) is 4.11. The molecule has 0 heterocycles. The molecule has 2 fully saturated rings. The minimum absolute atomic E-state index is 0.156. The molecule has 0 aliphatic heterocycles. The number of nitrogens with one attached hydrogen (secondary N) is 2. The zero-order chi connectivity index (χ0) is 15.5. The lowest BCUT2D eigenvalue weighted by Crippen LogP contribution is -2.59. The molecule has 120 valence electrons. The second-order valence-corrected chi connectivity index (χ2v) is 7.50. The predicted octanol–water partition coefficient (Wildman–Crippen LogP) is 3.04. The lowest BCUT2D eigenvalue weighted by molar-refractivity contribution is -0.145. The van der Waals surface area contributed by atoms with Crippen molar-refractivity contribution in [2.24, 2.45) is 5.41 Å². The van der Waals surface area contributed by atoms with Crippen LogP contribution in [0.2, 0.25) is 0 Å². The summed E-state index contributed by atoms with van der Waals surface area (Å²) < 4.78 is 0. The van der Waals surface area contributed by atoms with Crippen LogP contribution >= 0.6 is 0 Å². The minimum atomic E-state index is -1.06. The quantitative estimate of drug-likeness (QED) is 0.749. The van der Waals surface area contributed by atoms with E-state index in [9.17, 15) is 14.7 Å². The molecular weight excluding hydrogens is 268 g/mol. The van der Waals surface area contributed by atoms with E-state index in [4.69, 9.17) is 0 Å². The van der Waals surface area contributed by atoms with Crippen molar-refractivity contribution in [3.05, 3.63) is 0 Å². The Balaban J connectivity index is 1.92. The van der Waals surface area contributed by atoms with Gasteiger partial charge in [0.05, 0.1) is 0 Å². The standard InChI is InChI=1S/C16H28N2O3/c1-15(2)8-6-7-12(11-15)17-14(21)18-16(13(19)20)9-4-3-5-10-16/h12H,3-11H2,1-2H3,(H,19,20)(H2,17,18,21). The Morgan fingerprint density at radius 1 is 1.05 bits per heavy atom. The number of carboxylic acids is 1. The van der Waals surface area contributed by atoms with Crippen molar-refractivity contribution < 1.29 is 14.7 Å². The van der Waals surface area contributed by atoms with Crippen molar-refractivity contribution in [2.45, 2.75) is 83.2 Å². The van der Waals surface area contributed by atoms with E-state index in [1.54, 1.807) is 0 Å². The molecule has 3 N–H and O–H groups in total. The summed E-state index contributed by atoms with van der Waals surface area (Å²) in [6, 6.07) is -0.162. The molecule has 2 saturated carbocycles. The molecule has 0 saturated heterocycles. The first-order chi connectivity index (χ1) is 9.83. The lowest BCUT2D eigenvalue weighted by Gasteiger charge is -2.37. The summed E-state index contributed by atoms with van der Waals surface area (Å²) in [4.78, 5) is 23.8. The van der Waals surface area contributed by atoms with E-state index in [0.717, 1.165) is 38.5 Å². The summed E-state index contributed by atoms with van der Waals surface area (Å²) in [5.41, 5.74) is -0.808. The molecule has 5 heteroatoms. The molecule has 0 bridgehead atoms. The maximum Gasteiger partial charge on any atom is 0.329 e. The van der Waals surface area contributed by atoms with Crippen LogP contribution in [0.4, 0.5) is 4.79 Å². The van der Waals surface area contributed by atoms with E-state index >= 15 is 0 Å². The third-order valence-corrected chi connectivity index (χ3v) is 5.01. The molecule has 21 heavy (non-hydrogen) atoms. The Bertz CT molecular complexity index is 400. The topological polar surface area (TPSA) is 78.4 Å². The highest BCUT2D eigenvalue weighted by Crippen LogP contribution is 2.35. The normalized spacial score (nSPS) is 27.6. The number of amides is 2. The van der Waals surface area contributed by atoms with Crippen molar-refractivity contribution in [3.8, 4) is 0 Å². The molecule has 5 nitrogen and oxygen atoms in total. The maximum atomic E-state index is 12.2. The van der Waals surface area contributed by atoms with Crippen LogP contribution in [0.25, 0.3) is 0 Å². The Hall–Kier alpha value is -1.26. The molecule has 1 unspecified atom stereocenters. The number of rotatable bonds is 3. The van der Waals surface area contributed by atoms with Gasteiger partial charge >= 0.3 is 12.0 Å². The number of carbonyl (C=O) groups excluding carboxylic acids is 1.